The molecule has 2 fully saturated rings. The van der Waals surface area contributed by atoms with Crippen molar-refractivity contribution in [2.75, 3.05) is 26.7 Å². The van der Waals surface area contributed by atoms with Gasteiger partial charge < -0.3 is 15.5 Å². The van der Waals surface area contributed by atoms with Gasteiger partial charge in [0.15, 0.2) is 0 Å². The maximum atomic E-state index is 12.3. The van der Waals surface area contributed by atoms with Crippen LogP contribution in [0.5, 0.6) is 0 Å². The number of amides is 1. The molecule has 0 unspecified atom stereocenters. The lowest BCUT2D eigenvalue weighted by atomic mass is 9.75. The number of carbonyl (C=O) groups is 1. The van der Waals surface area contributed by atoms with Gasteiger partial charge >= 0.3 is 0 Å². The van der Waals surface area contributed by atoms with Crippen LogP contribution in [0.1, 0.15) is 51.9 Å². The molecule has 0 aromatic heterocycles. The summed E-state index contributed by atoms with van der Waals surface area (Å²) in [6, 6.07) is 0.421. The minimum absolute atomic E-state index is 0.186. The number of piperidine rings is 1. The normalized spacial score (nSPS) is 23.9. The van der Waals surface area contributed by atoms with Crippen molar-refractivity contribution in [2.45, 2.75) is 63.5 Å². The standard InChI is InChI=1S/C15H29N3O/c1-3-9-18-10-5-13(6-11-18)17(2)14(19)12-15(16)7-4-8-15/h13H,3-12,16H2,1-2H3. The Bertz CT molecular complexity index is 307. The predicted molar refractivity (Wildman–Crippen MR) is 77.9 cm³/mol. The molecule has 2 N–H and O–H groups in total. The molecule has 0 aromatic rings. The molecular weight excluding hydrogens is 238 g/mol. The quantitative estimate of drug-likeness (QED) is 0.823. The molecule has 1 aliphatic heterocycles. The van der Waals surface area contributed by atoms with E-state index in [1.54, 1.807) is 0 Å². The van der Waals surface area contributed by atoms with Crippen LogP contribution in [0.15, 0.2) is 0 Å². The SMILES string of the molecule is CCCN1CCC(N(C)C(=O)CC2(N)CCC2)CC1. The lowest BCUT2D eigenvalue weighted by molar-refractivity contribution is -0.134. The van der Waals surface area contributed by atoms with Gasteiger partial charge in [-0.1, -0.05) is 6.92 Å². The summed E-state index contributed by atoms with van der Waals surface area (Å²) in [5, 5.41) is 0. The van der Waals surface area contributed by atoms with Crippen molar-refractivity contribution in [1.82, 2.24) is 9.80 Å². The highest BCUT2D eigenvalue weighted by molar-refractivity contribution is 5.77. The first kappa shape index (κ1) is 14.8. The molecule has 4 heteroatoms. The Morgan fingerprint density at radius 1 is 1.37 bits per heavy atom. The molecule has 110 valence electrons. The molecular formula is C15H29N3O. The second kappa shape index (κ2) is 6.23. The zero-order valence-corrected chi connectivity index (χ0v) is 12.5. The van der Waals surface area contributed by atoms with Crippen LogP contribution in [0.3, 0.4) is 0 Å². The molecule has 0 radical (unpaired) electrons. The maximum absolute atomic E-state index is 12.3. The van der Waals surface area contributed by atoms with E-state index >= 15 is 0 Å². The monoisotopic (exact) mass is 267 g/mol. The molecule has 2 rings (SSSR count). The summed E-state index contributed by atoms with van der Waals surface area (Å²) in [6.07, 6.45) is 7.19. The van der Waals surface area contributed by atoms with E-state index in [9.17, 15) is 4.79 Å². The highest BCUT2D eigenvalue weighted by atomic mass is 16.2. The summed E-state index contributed by atoms with van der Waals surface area (Å²) in [7, 11) is 1.96. The molecule has 4 nitrogen and oxygen atoms in total. The van der Waals surface area contributed by atoms with E-state index in [0.29, 0.717) is 12.5 Å². The second-order valence-electron chi connectivity index (χ2n) is 6.47. The average Bonchev–Trinajstić information content (AvgIpc) is 2.37. The molecule has 0 bridgehead atoms. The number of rotatable bonds is 5. The van der Waals surface area contributed by atoms with Crippen molar-refractivity contribution in [3.63, 3.8) is 0 Å². The minimum Gasteiger partial charge on any atom is -0.343 e. The summed E-state index contributed by atoms with van der Waals surface area (Å²) in [5.74, 6) is 0.246. The molecule has 2 aliphatic rings. The molecule has 1 amide bonds. The van der Waals surface area contributed by atoms with Gasteiger partial charge in [0.1, 0.15) is 0 Å². The topological polar surface area (TPSA) is 49.6 Å². The Morgan fingerprint density at radius 2 is 2.00 bits per heavy atom. The van der Waals surface area contributed by atoms with Crippen LogP contribution in [0.4, 0.5) is 0 Å². The van der Waals surface area contributed by atoms with Gasteiger partial charge in [-0.05, 0) is 45.1 Å². The number of likely N-dealkylation sites (tertiary alicyclic amines) is 1. The van der Waals surface area contributed by atoms with Crippen LogP contribution in [-0.4, -0.2) is 54.0 Å². The number of nitrogens with zero attached hydrogens (tertiary/aromatic N) is 2. The van der Waals surface area contributed by atoms with Gasteiger partial charge in [-0.2, -0.15) is 0 Å². The molecule has 1 aliphatic carbocycles. The lowest BCUT2D eigenvalue weighted by Gasteiger charge is -2.41. The summed E-state index contributed by atoms with van der Waals surface area (Å²) in [4.78, 5) is 16.8. The van der Waals surface area contributed by atoms with Crippen LogP contribution >= 0.6 is 0 Å². The summed E-state index contributed by atoms with van der Waals surface area (Å²) >= 11 is 0. The Labute approximate surface area is 117 Å². The number of hydrogen-bond acceptors (Lipinski definition) is 3. The fourth-order valence-electron chi connectivity index (χ4n) is 3.28. The third-order valence-corrected chi connectivity index (χ3v) is 4.89. The van der Waals surface area contributed by atoms with Crippen molar-refractivity contribution in [3.8, 4) is 0 Å². The van der Waals surface area contributed by atoms with Crippen molar-refractivity contribution in [1.29, 1.82) is 0 Å². The van der Waals surface area contributed by atoms with Gasteiger partial charge in [0.05, 0.1) is 0 Å². The minimum atomic E-state index is -0.186. The first-order valence-corrected chi connectivity index (χ1v) is 7.81. The van der Waals surface area contributed by atoms with E-state index in [4.69, 9.17) is 5.73 Å². The fourth-order valence-corrected chi connectivity index (χ4v) is 3.28. The van der Waals surface area contributed by atoms with Gasteiger partial charge in [-0.3, -0.25) is 4.79 Å². The largest absolute Gasteiger partial charge is 0.343 e. The van der Waals surface area contributed by atoms with Crippen LogP contribution in [0, 0.1) is 0 Å². The van der Waals surface area contributed by atoms with Gasteiger partial charge in [-0.25, -0.2) is 0 Å². The molecule has 0 spiro atoms. The van der Waals surface area contributed by atoms with E-state index in [0.717, 1.165) is 38.8 Å². The second-order valence-corrected chi connectivity index (χ2v) is 6.47. The Balaban J connectivity index is 1.77. The first-order valence-electron chi connectivity index (χ1n) is 7.81. The third kappa shape index (κ3) is 3.69. The van der Waals surface area contributed by atoms with Crippen molar-refractivity contribution in [3.05, 3.63) is 0 Å². The summed E-state index contributed by atoms with van der Waals surface area (Å²) in [5.41, 5.74) is 5.99. The zero-order valence-electron chi connectivity index (χ0n) is 12.5. The predicted octanol–water partition coefficient (Wildman–Crippen LogP) is 1.59. The van der Waals surface area contributed by atoms with Gasteiger partial charge in [-0.15, -0.1) is 0 Å². The lowest BCUT2D eigenvalue weighted by Crippen LogP contribution is -2.52. The highest BCUT2D eigenvalue weighted by Gasteiger charge is 2.36. The van der Waals surface area contributed by atoms with Gasteiger partial charge in [0.2, 0.25) is 5.91 Å². The van der Waals surface area contributed by atoms with E-state index in [1.807, 2.05) is 11.9 Å². The summed E-state index contributed by atoms with van der Waals surface area (Å²) < 4.78 is 0. The van der Waals surface area contributed by atoms with Crippen LogP contribution in [-0.2, 0) is 4.79 Å². The van der Waals surface area contributed by atoms with E-state index in [1.165, 1.54) is 19.4 Å². The molecule has 19 heavy (non-hydrogen) atoms. The Hall–Kier alpha value is -0.610. The fraction of sp³-hybridized carbons (Fsp3) is 0.933. The molecule has 1 saturated carbocycles. The van der Waals surface area contributed by atoms with Crippen molar-refractivity contribution < 1.29 is 4.79 Å². The van der Waals surface area contributed by atoms with Crippen LogP contribution in [0.25, 0.3) is 0 Å². The maximum Gasteiger partial charge on any atom is 0.224 e. The smallest absolute Gasteiger partial charge is 0.224 e. The van der Waals surface area contributed by atoms with E-state index in [2.05, 4.69) is 11.8 Å². The highest BCUT2D eigenvalue weighted by Crippen LogP contribution is 2.33. The Kier molecular flexibility index (Phi) is 4.85. The van der Waals surface area contributed by atoms with E-state index in [-0.39, 0.29) is 11.4 Å². The zero-order chi connectivity index (χ0) is 13.9. The molecule has 0 atom stereocenters. The third-order valence-electron chi connectivity index (χ3n) is 4.89. The van der Waals surface area contributed by atoms with Gasteiger partial charge in [0, 0.05) is 38.1 Å². The number of hydrogen-bond donors (Lipinski definition) is 1. The first-order chi connectivity index (χ1) is 9.04. The van der Waals surface area contributed by atoms with Crippen molar-refractivity contribution in [2.24, 2.45) is 5.73 Å². The van der Waals surface area contributed by atoms with Gasteiger partial charge in [0.25, 0.3) is 0 Å². The summed E-state index contributed by atoms with van der Waals surface area (Å²) in [6.45, 7) is 5.67. The average molecular weight is 267 g/mol. The molecule has 1 heterocycles. The number of carbonyl (C=O) groups excluding carboxylic acids is 1. The van der Waals surface area contributed by atoms with Crippen molar-refractivity contribution >= 4 is 5.91 Å². The molecule has 0 aromatic carbocycles. The number of nitrogens with two attached hydrogens (primary N) is 1. The van der Waals surface area contributed by atoms with Crippen LogP contribution in [0.2, 0.25) is 0 Å². The molecule has 1 saturated heterocycles. The Morgan fingerprint density at radius 3 is 2.47 bits per heavy atom. The van der Waals surface area contributed by atoms with E-state index < -0.39 is 0 Å². The van der Waals surface area contributed by atoms with Crippen LogP contribution < -0.4 is 5.73 Å².